The Bertz CT molecular complexity index is 783. The second-order valence-electron chi connectivity index (χ2n) is 4.40. The molecule has 102 valence electrons. The fourth-order valence-electron chi connectivity index (χ4n) is 2.00. The van der Waals surface area contributed by atoms with E-state index in [1.807, 2.05) is 41.9 Å². The molecule has 0 fully saturated rings. The van der Waals surface area contributed by atoms with E-state index < -0.39 is 4.92 Å². The lowest BCUT2D eigenvalue weighted by Crippen LogP contribution is -1.87. The van der Waals surface area contributed by atoms with Gasteiger partial charge in [0.15, 0.2) is 0 Å². The van der Waals surface area contributed by atoms with Gasteiger partial charge in [-0.15, -0.1) is 24.0 Å². The van der Waals surface area contributed by atoms with Crippen molar-refractivity contribution in [2.45, 2.75) is 6.92 Å². The number of benzene rings is 1. The Morgan fingerprint density at radius 2 is 2.05 bits per heavy atom. The predicted octanol–water partition coefficient (Wildman–Crippen LogP) is 3.84. The number of fused-ring (bicyclic) bond motifs is 1. The molecule has 0 aliphatic heterocycles. The summed E-state index contributed by atoms with van der Waals surface area (Å²) >= 11 is 0. The molecule has 2 aromatic heterocycles. The maximum atomic E-state index is 10.8. The van der Waals surface area contributed by atoms with Crippen molar-refractivity contribution in [3.05, 3.63) is 64.5 Å². The second-order valence-corrected chi connectivity index (χ2v) is 4.40. The molecule has 0 atom stereocenters. The molecule has 0 bridgehead atoms. The molecule has 0 aliphatic carbocycles. The molecule has 0 saturated heterocycles. The number of rotatable bonds is 2. The first-order valence-electron chi connectivity index (χ1n) is 5.84. The molecular formula is C14H12IN3O2. The Labute approximate surface area is 132 Å². The number of hydrogen-bond acceptors (Lipinski definition) is 3. The zero-order valence-electron chi connectivity index (χ0n) is 10.7. The first kappa shape index (κ1) is 14.4. The number of hydrogen-bond donors (Lipinski definition) is 0. The minimum atomic E-state index is -0.399. The Morgan fingerprint density at radius 1 is 1.25 bits per heavy atom. The summed E-state index contributed by atoms with van der Waals surface area (Å²) in [6, 6.07) is 10.5. The number of imidazole rings is 1. The van der Waals surface area contributed by atoms with Crippen molar-refractivity contribution in [2.75, 3.05) is 0 Å². The van der Waals surface area contributed by atoms with Gasteiger partial charge in [0.25, 0.3) is 5.69 Å². The van der Waals surface area contributed by atoms with Crippen LogP contribution in [0.4, 0.5) is 5.69 Å². The largest absolute Gasteiger partial charge is 0.306 e. The molecule has 3 rings (SSSR count). The van der Waals surface area contributed by atoms with Crippen molar-refractivity contribution >= 4 is 35.3 Å². The van der Waals surface area contributed by atoms with Crippen LogP contribution in [0.2, 0.25) is 0 Å². The van der Waals surface area contributed by atoms with Crippen molar-refractivity contribution in [1.82, 2.24) is 9.38 Å². The minimum absolute atomic E-state index is 0. The topological polar surface area (TPSA) is 60.4 Å². The summed E-state index contributed by atoms with van der Waals surface area (Å²) in [6.45, 7) is 2.00. The quantitative estimate of drug-likeness (QED) is 0.385. The van der Waals surface area contributed by atoms with E-state index in [4.69, 9.17) is 0 Å². The SMILES string of the molecule is Cc1ccn2cc(-c3cccc([N+](=O)[O-])c3)nc2c1.I. The molecule has 0 spiro atoms. The highest BCUT2D eigenvalue weighted by Gasteiger charge is 2.09. The van der Waals surface area contributed by atoms with E-state index in [2.05, 4.69) is 4.98 Å². The van der Waals surface area contributed by atoms with E-state index in [0.29, 0.717) is 0 Å². The van der Waals surface area contributed by atoms with Crippen LogP contribution in [0, 0.1) is 17.0 Å². The summed E-state index contributed by atoms with van der Waals surface area (Å²) in [6.07, 6.45) is 3.80. The summed E-state index contributed by atoms with van der Waals surface area (Å²) in [5.41, 5.74) is 3.51. The van der Waals surface area contributed by atoms with Crippen molar-refractivity contribution in [3.8, 4) is 11.3 Å². The van der Waals surface area contributed by atoms with Gasteiger partial charge >= 0.3 is 0 Å². The molecule has 0 unspecified atom stereocenters. The highest BCUT2D eigenvalue weighted by molar-refractivity contribution is 14.0. The zero-order chi connectivity index (χ0) is 13.4. The van der Waals surface area contributed by atoms with Crippen molar-refractivity contribution in [1.29, 1.82) is 0 Å². The van der Waals surface area contributed by atoms with E-state index in [1.54, 1.807) is 6.07 Å². The van der Waals surface area contributed by atoms with Crippen LogP contribution >= 0.6 is 24.0 Å². The third-order valence-corrected chi connectivity index (χ3v) is 2.97. The van der Waals surface area contributed by atoms with Crippen LogP contribution in [-0.2, 0) is 0 Å². The lowest BCUT2D eigenvalue weighted by molar-refractivity contribution is -0.384. The first-order valence-corrected chi connectivity index (χ1v) is 5.84. The number of nitrogens with zero attached hydrogens (tertiary/aromatic N) is 3. The standard InChI is InChI=1S/C14H11N3O2.HI/c1-10-5-6-16-9-13(15-14(16)7-10)11-3-2-4-12(8-11)17(18)19;/h2-9H,1H3;1H. The average molecular weight is 381 g/mol. The smallest absolute Gasteiger partial charge is 0.270 e. The summed E-state index contributed by atoms with van der Waals surface area (Å²) in [5, 5.41) is 10.8. The molecular weight excluding hydrogens is 369 g/mol. The van der Waals surface area contributed by atoms with Gasteiger partial charge in [0.2, 0.25) is 0 Å². The first-order chi connectivity index (χ1) is 9.13. The summed E-state index contributed by atoms with van der Waals surface area (Å²) < 4.78 is 1.90. The number of aryl methyl sites for hydroxylation is 1. The van der Waals surface area contributed by atoms with E-state index in [1.165, 1.54) is 12.1 Å². The van der Waals surface area contributed by atoms with Gasteiger partial charge in [-0.05, 0) is 24.6 Å². The van der Waals surface area contributed by atoms with E-state index in [9.17, 15) is 10.1 Å². The molecule has 3 aromatic rings. The van der Waals surface area contributed by atoms with Crippen LogP contribution in [0.1, 0.15) is 5.56 Å². The predicted molar refractivity (Wildman–Crippen MR) is 87.4 cm³/mol. The summed E-state index contributed by atoms with van der Waals surface area (Å²) in [4.78, 5) is 14.9. The molecule has 0 N–H and O–H groups in total. The average Bonchev–Trinajstić information content (AvgIpc) is 2.81. The van der Waals surface area contributed by atoms with E-state index in [-0.39, 0.29) is 29.7 Å². The van der Waals surface area contributed by atoms with E-state index >= 15 is 0 Å². The molecule has 1 aromatic carbocycles. The molecule has 2 heterocycles. The van der Waals surface area contributed by atoms with Crippen molar-refractivity contribution in [3.63, 3.8) is 0 Å². The monoisotopic (exact) mass is 381 g/mol. The fraction of sp³-hybridized carbons (Fsp3) is 0.0714. The number of non-ortho nitro benzene ring substituents is 1. The van der Waals surface area contributed by atoms with Crippen LogP contribution in [0.3, 0.4) is 0 Å². The van der Waals surface area contributed by atoms with Gasteiger partial charge in [-0.25, -0.2) is 4.98 Å². The van der Waals surface area contributed by atoms with Gasteiger partial charge < -0.3 is 4.40 Å². The fourth-order valence-corrected chi connectivity index (χ4v) is 2.00. The number of pyridine rings is 1. The molecule has 20 heavy (non-hydrogen) atoms. The molecule has 6 heteroatoms. The van der Waals surface area contributed by atoms with Crippen LogP contribution in [0.5, 0.6) is 0 Å². The Balaban J connectivity index is 0.00000147. The van der Waals surface area contributed by atoms with Crippen molar-refractivity contribution in [2.24, 2.45) is 0 Å². The van der Waals surface area contributed by atoms with Crippen LogP contribution in [0.15, 0.2) is 48.8 Å². The third-order valence-electron chi connectivity index (χ3n) is 2.97. The maximum absolute atomic E-state index is 10.8. The molecule has 5 nitrogen and oxygen atoms in total. The number of halogens is 1. The zero-order valence-corrected chi connectivity index (χ0v) is 13.0. The lowest BCUT2D eigenvalue weighted by Gasteiger charge is -1.95. The third kappa shape index (κ3) is 2.64. The Kier molecular flexibility index (Phi) is 4.03. The summed E-state index contributed by atoms with van der Waals surface area (Å²) in [7, 11) is 0. The lowest BCUT2D eigenvalue weighted by atomic mass is 10.1. The van der Waals surface area contributed by atoms with Crippen LogP contribution in [0.25, 0.3) is 16.9 Å². The van der Waals surface area contributed by atoms with E-state index in [0.717, 1.165) is 22.5 Å². The molecule has 0 radical (unpaired) electrons. The molecule has 0 saturated carbocycles. The Hall–Kier alpha value is -1.96. The highest BCUT2D eigenvalue weighted by Crippen LogP contribution is 2.23. The number of nitro benzene ring substituents is 1. The maximum Gasteiger partial charge on any atom is 0.270 e. The highest BCUT2D eigenvalue weighted by atomic mass is 127. The van der Waals surface area contributed by atoms with Gasteiger partial charge in [-0.2, -0.15) is 0 Å². The van der Waals surface area contributed by atoms with Gasteiger partial charge in [-0.1, -0.05) is 12.1 Å². The number of nitro groups is 1. The normalized spacial score (nSPS) is 10.2. The molecule has 0 aliphatic rings. The second kappa shape index (κ2) is 5.58. The molecule has 0 amide bonds. The summed E-state index contributed by atoms with van der Waals surface area (Å²) in [5.74, 6) is 0. The van der Waals surface area contributed by atoms with Crippen molar-refractivity contribution < 1.29 is 4.92 Å². The van der Waals surface area contributed by atoms with Gasteiger partial charge in [0.1, 0.15) is 5.65 Å². The van der Waals surface area contributed by atoms with Gasteiger partial charge in [0.05, 0.1) is 10.6 Å². The Morgan fingerprint density at radius 3 is 2.80 bits per heavy atom. The van der Waals surface area contributed by atoms with Gasteiger partial charge in [-0.3, -0.25) is 10.1 Å². The van der Waals surface area contributed by atoms with Crippen LogP contribution in [-0.4, -0.2) is 14.3 Å². The number of aromatic nitrogens is 2. The van der Waals surface area contributed by atoms with Gasteiger partial charge in [0, 0.05) is 30.1 Å². The van der Waals surface area contributed by atoms with Crippen LogP contribution < -0.4 is 0 Å². The minimum Gasteiger partial charge on any atom is -0.306 e.